The summed E-state index contributed by atoms with van der Waals surface area (Å²) >= 11 is 0. The minimum Gasteiger partial charge on any atom is -0.504 e. The second-order valence-corrected chi connectivity index (χ2v) is 6.55. The second-order valence-electron chi connectivity index (χ2n) is 6.55. The highest BCUT2D eigenvalue weighted by atomic mass is 16.5. The topological polar surface area (TPSA) is 69.1 Å². The summed E-state index contributed by atoms with van der Waals surface area (Å²) in [4.78, 5) is 7.03. The number of rotatable bonds is 9. The Labute approximate surface area is 152 Å². The fourth-order valence-electron chi connectivity index (χ4n) is 2.76. The lowest BCUT2D eigenvalue weighted by Crippen LogP contribution is -2.45. The number of nitrogens with zero attached hydrogens (tertiary/aromatic N) is 2. The fourth-order valence-corrected chi connectivity index (χ4v) is 2.76. The van der Waals surface area contributed by atoms with Gasteiger partial charge in [0.1, 0.15) is 0 Å². The van der Waals surface area contributed by atoms with Crippen molar-refractivity contribution >= 4 is 5.96 Å². The summed E-state index contributed by atoms with van der Waals surface area (Å²) in [5, 5.41) is 16.5. The molecule has 0 aliphatic heterocycles. The van der Waals surface area contributed by atoms with Crippen molar-refractivity contribution in [2.24, 2.45) is 4.99 Å². The van der Waals surface area contributed by atoms with Gasteiger partial charge in [-0.2, -0.15) is 0 Å². The minimum atomic E-state index is 0.137. The van der Waals surface area contributed by atoms with Gasteiger partial charge in [-0.25, -0.2) is 4.99 Å². The van der Waals surface area contributed by atoms with Gasteiger partial charge in [-0.1, -0.05) is 6.07 Å². The third kappa shape index (κ3) is 7.22. The lowest BCUT2D eigenvalue weighted by atomic mass is 10.2. The van der Waals surface area contributed by atoms with Gasteiger partial charge in [0.05, 0.1) is 13.7 Å². The van der Waals surface area contributed by atoms with Crippen molar-refractivity contribution in [2.45, 2.75) is 53.2 Å². The third-order valence-electron chi connectivity index (χ3n) is 4.00. The maximum atomic E-state index is 9.86. The van der Waals surface area contributed by atoms with Crippen LogP contribution in [0.4, 0.5) is 0 Å². The zero-order valence-corrected chi connectivity index (χ0v) is 16.5. The van der Waals surface area contributed by atoms with Crippen LogP contribution in [-0.4, -0.2) is 54.8 Å². The summed E-state index contributed by atoms with van der Waals surface area (Å²) in [6.45, 7) is 14.0. The van der Waals surface area contributed by atoms with Crippen molar-refractivity contribution in [1.29, 1.82) is 0 Å². The first-order chi connectivity index (χ1) is 11.9. The van der Waals surface area contributed by atoms with E-state index in [0.29, 0.717) is 24.4 Å². The number of aliphatic imine (C=N–C) groups is 1. The van der Waals surface area contributed by atoms with Gasteiger partial charge in [0.15, 0.2) is 17.5 Å². The maximum Gasteiger partial charge on any atom is 0.191 e. The van der Waals surface area contributed by atoms with E-state index in [4.69, 9.17) is 4.74 Å². The van der Waals surface area contributed by atoms with Crippen molar-refractivity contribution in [1.82, 2.24) is 15.5 Å². The normalized spacial score (nSPS) is 12.1. The molecule has 0 radical (unpaired) electrons. The molecule has 0 amide bonds. The summed E-state index contributed by atoms with van der Waals surface area (Å²) < 4.78 is 5.06. The molecule has 6 nitrogen and oxygen atoms in total. The van der Waals surface area contributed by atoms with Gasteiger partial charge >= 0.3 is 0 Å². The Morgan fingerprint density at radius 3 is 2.40 bits per heavy atom. The molecule has 0 aromatic heterocycles. The van der Waals surface area contributed by atoms with Crippen LogP contribution >= 0.6 is 0 Å². The van der Waals surface area contributed by atoms with E-state index >= 15 is 0 Å². The number of benzene rings is 1. The highest BCUT2D eigenvalue weighted by Crippen LogP contribution is 2.26. The van der Waals surface area contributed by atoms with Crippen LogP contribution in [0.1, 0.15) is 40.2 Å². The second kappa shape index (κ2) is 10.8. The summed E-state index contributed by atoms with van der Waals surface area (Å²) in [6, 6.07) is 6.38. The van der Waals surface area contributed by atoms with E-state index in [1.165, 1.54) is 7.11 Å². The van der Waals surface area contributed by atoms with Crippen LogP contribution in [0.2, 0.25) is 0 Å². The van der Waals surface area contributed by atoms with Crippen LogP contribution < -0.4 is 15.4 Å². The molecule has 0 fully saturated rings. The zero-order valence-electron chi connectivity index (χ0n) is 16.5. The van der Waals surface area contributed by atoms with E-state index in [-0.39, 0.29) is 5.75 Å². The van der Waals surface area contributed by atoms with Crippen LogP contribution in [0.3, 0.4) is 0 Å². The number of hydrogen-bond acceptors (Lipinski definition) is 4. The van der Waals surface area contributed by atoms with Crippen molar-refractivity contribution in [3.05, 3.63) is 23.8 Å². The molecule has 25 heavy (non-hydrogen) atoms. The number of aromatic hydroxyl groups is 1. The molecule has 0 atom stereocenters. The lowest BCUT2D eigenvalue weighted by Gasteiger charge is -2.30. The average molecular weight is 351 g/mol. The Kier molecular flexibility index (Phi) is 9.13. The lowest BCUT2D eigenvalue weighted by molar-refractivity contribution is 0.178. The predicted molar refractivity (Wildman–Crippen MR) is 104 cm³/mol. The van der Waals surface area contributed by atoms with Gasteiger partial charge in [-0.15, -0.1) is 0 Å². The molecule has 0 saturated carbocycles. The van der Waals surface area contributed by atoms with Crippen molar-refractivity contribution in [2.75, 3.05) is 26.7 Å². The van der Waals surface area contributed by atoms with Crippen LogP contribution in [0, 0.1) is 0 Å². The molecule has 1 rings (SSSR count). The molecular weight excluding hydrogens is 316 g/mol. The molecule has 142 valence electrons. The van der Waals surface area contributed by atoms with Gasteiger partial charge < -0.3 is 20.5 Å². The zero-order chi connectivity index (χ0) is 18.8. The van der Waals surface area contributed by atoms with Gasteiger partial charge in [0.25, 0.3) is 0 Å². The third-order valence-corrected chi connectivity index (χ3v) is 4.00. The molecule has 0 spiro atoms. The van der Waals surface area contributed by atoms with E-state index < -0.39 is 0 Å². The van der Waals surface area contributed by atoms with E-state index in [1.807, 2.05) is 13.0 Å². The van der Waals surface area contributed by atoms with Gasteiger partial charge in [0, 0.05) is 31.7 Å². The summed E-state index contributed by atoms with van der Waals surface area (Å²) in [5.74, 6) is 1.39. The number of phenolic OH excluding ortho intramolecular Hbond substituents is 1. The van der Waals surface area contributed by atoms with Crippen LogP contribution in [-0.2, 0) is 6.54 Å². The molecule has 6 heteroatoms. The first kappa shape index (κ1) is 21.1. The standard InChI is InChI=1S/C19H34N4O2/c1-7-20-19(21-10-11-23(14(2)3)15(4)5)22-13-16-8-9-18(25-6)17(24)12-16/h8-9,12,14-15,24H,7,10-11,13H2,1-6H3,(H2,20,21,22). The van der Waals surface area contributed by atoms with E-state index in [9.17, 15) is 5.11 Å². The number of methoxy groups -OCH3 is 1. The maximum absolute atomic E-state index is 9.86. The predicted octanol–water partition coefficient (Wildman–Crippen LogP) is 2.57. The first-order valence-electron chi connectivity index (χ1n) is 9.02. The summed E-state index contributed by atoms with van der Waals surface area (Å²) in [6.07, 6.45) is 0. The van der Waals surface area contributed by atoms with Crippen molar-refractivity contribution in [3.8, 4) is 11.5 Å². The monoisotopic (exact) mass is 350 g/mol. The van der Waals surface area contributed by atoms with Crippen LogP contribution in [0.5, 0.6) is 11.5 Å². The van der Waals surface area contributed by atoms with Crippen molar-refractivity contribution < 1.29 is 9.84 Å². The molecule has 0 aliphatic carbocycles. The molecular formula is C19H34N4O2. The van der Waals surface area contributed by atoms with Crippen molar-refractivity contribution in [3.63, 3.8) is 0 Å². The summed E-state index contributed by atoms with van der Waals surface area (Å²) in [5.41, 5.74) is 0.932. The van der Waals surface area contributed by atoms with E-state index in [1.54, 1.807) is 12.1 Å². The number of hydrogen-bond donors (Lipinski definition) is 3. The quantitative estimate of drug-likeness (QED) is 0.472. The molecule has 0 aliphatic rings. The van der Waals surface area contributed by atoms with Gasteiger partial charge in [0.2, 0.25) is 0 Å². The highest BCUT2D eigenvalue weighted by Gasteiger charge is 2.12. The molecule has 0 saturated heterocycles. The number of ether oxygens (including phenoxy) is 1. The number of nitrogens with one attached hydrogen (secondary N) is 2. The highest BCUT2D eigenvalue weighted by molar-refractivity contribution is 5.79. The minimum absolute atomic E-state index is 0.137. The molecule has 3 N–H and O–H groups in total. The Bertz CT molecular complexity index is 536. The number of phenols is 1. The van der Waals surface area contributed by atoms with Gasteiger partial charge in [-0.3, -0.25) is 4.90 Å². The molecule has 0 bridgehead atoms. The molecule has 1 aromatic carbocycles. The fraction of sp³-hybridized carbons (Fsp3) is 0.632. The van der Waals surface area contributed by atoms with E-state index in [0.717, 1.165) is 31.2 Å². The molecule has 0 unspecified atom stereocenters. The average Bonchev–Trinajstić information content (AvgIpc) is 2.55. The van der Waals surface area contributed by atoms with E-state index in [2.05, 4.69) is 48.2 Å². The SMILES string of the molecule is CCNC(=NCc1ccc(OC)c(O)c1)NCCN(C(C)C)C(C)C. The first-order valence-corrected chi connectivity index (χ1v) is 9.02. The Morgan fingerprint density at radius 2 is 1.88 bits per heavy atom. The smallest absolute Gasteiger partial charge is 0.191 e. The Hall–Kier alpha value is -1.95. The van der Waals surface area contributed by atoms with Crippen LogP contribution in [0.25, 0.3) is 0 Å². The largest absolute Gasteiger partial charge is 0.504 e. The Morgan fingerprint density at radius 1 is 1.20 bits per heavy atom. The molecule has 1 aromatic rings. The van der Waals surface area contributed by atoms with Crippen LogP contribution in [0.15, 0.2) is 23.2 Å². The Balaban J connectivity index is 2.63. The molecule has 0 heterocycles. The summed E-state index contributed by atoms with van der Waals surface area (Å²) in [7, 11) is 1.54. The number of guanidine groups is 1. The van der Waals surface area contributed by atoms with Gasteiger partial charge in [-0.05, 0) is 52.3 Å².